The van der Waals surface area contributed by atoms with Gasteiger partial charge in [-0.05, 0) is 36.2 Å². The number of carbonyl (C=O) groups excluding carboxylic acids is 2. The number of anilines is 2. The Balaban J connectivity index is 1.55. The molecule has 29 heavy (non-hydrogen) atoms. The molecular weight excluding hydrogens is 388 g/mol. The van der Waals surface area contributed by atoms with Crippen molar-refractivity contribution in [1.29, 1.82) is 0 Å². The number of hydrogen-bond acceptors (Lipinski definition) is 5. The van der Waals surface area contributed by atoms with Crippen LogP contribution in [-0.4, -0.2) is 30.6 Å². The van der Waals surface area contributed by atoms with Gasteiger partial charge in [0.05, 0.1) is 5.69 Å². The zero-order valence-corrected chi connectivity index (χ0v) is 17.0. The SMILES string of the molecule is CNC(=O)COc1ccc(NC(=O)Nc2nc(Cc3ccccc3)cs2)c(C)c1. The van der Waals surface area contributed by atoms with Crippen molar-refractivity contribution in [2.45, 2.75) is 13.3 Å². The first-order valence-electron chi connectivity index (χ1n) is 9.04. The fourth-order valence-electron chi connectivity index (χ4n) is 2.59. The summed E-state index contributed by atoms with van der Waals surface area (Å²) in [5.74, 6) is 0.349. The van der Waals surface area contributed by atoms with Crippen LogP contribution in [0.2, 0.25) is 0 Å². The van der Waals surface area contributed by atoms with Crippen molar-refractivity contribution in [2.24, 2.45) is 0 Å². The van der Waals surface area contributed by atoms with E-state index < -0.39 is 0 Å². The van der Waals surface area contributed by atoms with Crippen molar-refractivity contribution in [3.05, 3.63) is 70.7 Å². The Morgan fingerprint density at radius 2 is 1.90 bits per heavy atom. The summed E-state index contributed by atoms with van der Waals surface area (Å²) in [6.45, 7) is 1.79. The fraction of sp³-hybridized carbons (Fsp3) is 0.190. The molecule has 0 atom stereocenters. The Bertz CT molecular complexity index is 989. The van der Waals surface area contributed by atoms with E-state index in [1.54, 1.807) is 25.2 Å². The molecule has 3 N–H and O–H groups in total. The van der Waals surface area contributed by atoms with Crippen LogP contribution in [0.3, 0.4) is 0 Å². The lowest BCUT2D eigenvalue weighted by molar-refractivity contribution is -0.122. The monoisotopic (exact) mass is 410 g/mol. The number of aryl methyl sites for hydroxylation is 1. The third-order valence-electron chi connectivity index (χ3n) is 4.10. The van der Waals surface area contributed by atoms with Crippen molar-refractivity contribution in [1.82, 2.24) is 10.3 Å². The van der Waals surface area contributed by atoms with E-state index in [1.165, 1.54) is 16.9 Å². The molecule has 2 aromatic carbocycles. The van der Waals surface area contributed by atoms with E-state index in [1.807, 2.05) is 42.6 Å². The van der Waals surface area contributed by atoms with E-state index in [-0.39, 0.29) is 18.5 Å². The van der Waals surface area contributed by atoms with Crippen LogP contribution >= 0.6 is 11.3 Å². The highest BCUT2D eigenvalue weighted by atomic mass is 32.1. The minimum absolute atomic E-state index is 0.0570. The molecule has 3 aromatic rings. The molecule has 3 amide bonds. The molecule has 0 aliphatic carbocycles. The van der Waals surface area contributed by atoms with Crippen molar-refractivity contribution >= 4 is 34.1 Å². The van der Waals surface area contributed by atoms with E-state index in [2.05, 4.69) is 20.9 Å². The highest BCUT2D eigenvalue weighted by Gasteiger charge is 2.10. The van der Waals surface area contributed by atoms with Gasteiger partial charge in [0, 0.05) is 24.5 Å². The maximum Gasteiger partial charge on any atom is 0.325 e. The highest BCUT2D eigenvalue weighted by Crippen LogP contribution is 2.22. The average Bonchev–Trinajstić information content (AvgIpc) is 3.15. The normalized spacial score (nSPS) is 10.3. The fourth-order valence-corrected chi connectivity index (χ4v) is 3.29. The van der Waals surface area contributed by atoms with E-state index in [0.29, 0.717) is 16.6 Å². The van der Waals surface area contributed by atoms with Crippen LogP contribution in [0.15, 0.2) is 53.9 Å². The molecule has 0 bridgehead atoms. The Kier molecular flexibility index (Phi) is 6.80. The first kappa shape index (κ1) is 20.3. The van der Waals surface area contributed by atoms with Gasteiger partial charge in [0.25, 0.3) is 5.91 Å². The predicted octanol–water partition coefficient (Wildman–Crippen LogP) is 3.81. The van der Waals surface area contributed by atoms with Crippen molar-refractivity contribution in [2.75, 3.05) is 24.3 Å². The molecule has 0 aliphatic rings. The lowest BCUT2D eigenvalue weighted by Gasteiger charge is -2.11. The number of thiazole rings is 1. The van der Waals surface area contributed by atoms with Crippen LogP contribution in [0, 0.1) is 6.92 Å². The molecule has 0 radical (unpaired) electrons. The largest absolute Gasteiger partial charge is 0.484 e. The Hall–Kier alpha value is -3.39. The van der Waals surface area contributed by atoms with Crippen LogP contribution < -0.4 is 20.7 Å². The number of ether oxygens (including phenoxy) is 1. The van der Waals surface area contributed by atoms with Gasteiger partial charge in [-0.3, -0.25) is 10.1 Å². The number of benzene rings is 2. The standard InChI is InChI=1S/C21H22N4O3S/c1-14-10-17(28-12-19(26)22-2)8-9-18(14)24-20(27)25-21-23-16(13-29-21)11-15-6-4-3-5-7-15/h3-10,13H,11-12H2,1-2H3,(H,22,26)(H2,23,24,25,27). The number of nitrogens with one attached hydrogen (secondary N) is 3. The molecule has 8 heteroatoms. The number of hydrogen-bond donors (Lipinski definition) is 3. The van der Waals surface area contributed by atoms with Crippen LogP contribution in [0.5, 0.6) is 5.75 Å². The van der Waals surface area contributed by atoms with Crippen LogP contribution in [0.25, 0.3) is 0 Å². The van der Waals surface area contributed by atoms with E-state index in [9.17, 15) is 9.59 Å². The Labute approximate surface area is 173 Å². The third kappa shape index (κ3) is 6.05. The van der Waals surface area contributed by atoms with Crippen LogP contribution in [0.4, 0.5) is 15.6 Å². The number of aromatic nitrogens is 1. The first-order chi connectivity index (χ1) is 14.0. The molecule has 1 heterocycles. The second-order valence-corrected chi connectivity index (χ2v) is 7.18. The number of rotatable bonds is 7. The number of carbonyl (C=O) groups is 2. The van der Waals surface area contributed by atoms with Gasteiger partial charge in [-0.2, -0.15) is 0 Å². The quantitative estimate of drug-likeness (QED) is 0.552. The van der Waals surface area contributed by atoms with Gasteiger partial charge in [-0.25, -0.2) is 9.78 Å². The topological polar surface area (TPSA) is 92.4 Å². The van der Waals surface area contributed by atoms with Gasteiger partial charge in [0.1, 0.15) is 5.75 Å². The van der Waals surface area contributed by atoms with Gasteiger partial charge in [-0.15, -0.1) is 11.3 Å². The van der Waals surface area contributed by atoms with E-state index in [4.69, 9.17) is 4.74 Å². The summed E-state index contributed by atoms with van der Waals surface area (Å²) in [6, 6.07) is 14.9. The number of likely N-dealkylation sites (N-methyl/N-ethyl adjacent to an activating group) is 1. The summed E-state index contributed by atoms with van der Waals surface area (Å²) in [4.78, 5) is 28.0. The average molecular weight is 410 g/mol. The molecule has 150 valence electrons. The van der Waals surface area contributed by atoms with Gasteiger partial charge in [0.15, 0.2) is 11.7 Å². The molecular formula is C21H22N4O3S. The number of amides is 3. The molecule has 0 fully saturated rings. The van der Waals surface area contributed by atoms with Gasteiger partial charge in [-0.1, -0.05) is 30.3 Å². The highest BCUT2D eigenvalue weighted by molar-refractivity contribution is 7.13. The summed E-state index contributed by atoms with van der Waals surface area (Å²) in [6.07, 6.45) is 0.720. The smallest absolute Gasteiger partial charge is 0.325 e. The number of nitrogens with zero attached hydrogens (tertiary/aromatic N) is 1. The summed E-state index contributed by atoms with van der Waals surface area (Å²) < 4.78 is 5.40. The third-order valence-corrected chi connectivity index (χ3v) is 4.90. The maximum atomic E-state index is 12.3. The molecule has 3 rings (SSSR count). The second-order valence-electron chi connectivity index (χ2n) is 6.32. The van der Waals surface area contributed by atoms with Crippen LogP contribution in [-0.2, 0) is 11.2 Å². The second kappa shape index (κ2) is 9.70. The zero-order chi connectivity index (χ0) is 20.6. The minimum Gasteiger partial charge on any atom is -0.484 e. The summed E-state index contributed by atoms with van der Waals surface area (Å²) in [7, 11) is 1.55. The number of urea groups is 1. The van der Waals surface area contributed by atoms with Gasteiger partial charge < -0.3 is 15.4 Å². The lowest BCUT2D eigenvalue weighted by Crippen LogP contribution is -2.24. The van der Waals surface area contributed by atoms with Crippen molar-refractivity contribution < 1.29 is 14.3 Å². The van der Waals surface area contributed by atoms with E-state index in [0.717, 1.165) is 17.7 Å². The lowest BCUT2D eigenvalue weighted by atomic mass is 10.1. The van der Waals surface area contributed by atoms with Crippen LogP contribution in [0.1, 0.15) is 16.8 Å². The molecule has 0 saturated heterocycles. The molecule has 7 nitrogen and oxygen atoms in total. The Morgan fingerprint density at radius 1 is 1.10 bits per heavy atom. The molecule has 0 aliphatic heterocycles. The molecule has 0 unspecified atom stereocenters. The van der Waals surface area contributed by atoms with Crippen molar-refractivity contribution in [3.8, 4) is 5.75 Å². The molecule has 1 aromatic heterocycles. The van der Waals surface area contributed by atoms with Gasteiger partial charge >= 0.3 is 6.03 Å². The molecule has 0 spiro atoms. The van der Waals surface area contributed by atoms with Crippen molar-refractivity contribution in [3.63, 3.8) is 0 Å². The summed E-state index contributed by atoms with van der Waals surface area (Å²) in [5.41, 5.74) is 3.54. The summed E-state index contributed by atoms with van der Waals surface area (Å²) >= 11 is 1.38. The zero-order valence-electron chi connectivity index (χ0n) is 16.2. The summed E-state index contributed by atoms with van der Waals surface area (Å²) in [5, 5.41) is 10.5. The molecule has 0 saturated carbocycles. The predicted molar refractivity (Wildman–Crippen MR) is 115 cm³/mol. The maximum absolute atomic E-state index is 12.3. The minimum atomic E-state index is -0.368. The van der Waals surface area contributed by atoms with E-state index >= 15 is 0 Å². The first-order valence-corrected chi connectivity index (χ1v) is 9.92. The van der Waals surface area contributed by atoms with Gasteiger partial charge in [0.2, 0.25) is 0 Å². The Morgan fingerprint density at radius 3 is 2.62 bits per heavy atom.